The number of phenols is 1. The van der Waals surface area contributed by atoms with Gasteiger partial charge in [0.2, 0.25) is 0 Å². The largest absolute Gasteiger partial charge is 0.507 e. The number of aromatic hydroxyl groups is 1. The normalized spacial score (nSPS) is 18.8. The lowest BCUT2D eigenvalue weighted by Gasteiger charge is -2.36. The van der Waals surface area contributed by atoms with Gasteiger partial charge in [-0.2, -0.15) is 0 Å². The van der Waals surface area contributed by atoms with E-state index in [0.29, 0.717) is 18.6 Å². The maximum Gasteiger partial charge on any atom is 0.268 e. The van der Waals surface area contributed by atoms with E-state index in [1.165, 1.54) is 0 Å². The van der Waals surface area contributed by atoms with Crippen LogP contribution in [0.1, 0.15) is 46.7 Å². The molecule has 1 atom stereocenters. The number of anilines is 1. The Bertz CT molecular complexity index is 881. The first kappa shape index (κ1) is 18.3. The Morgan fingerprint density at radius 1 is 1.08 bits per heavy atom. The van der Waals surface area contributed by atoms with E-state index in [1.54, 1.807) is 0 Å². The third-order valence-corrected chi connectivity index (χ3v) is 5.72. The quantitative estimate of drug-likeness (QED) is 0.826. The summed E-state index contributed by atoms with van der Waals surface area (Å²) in [5.74, 6) is 0.931. The zero-order valence-electron chi connectivity index (χ0n) is 16.4. The van der Waals surface area contributed by atoms with Crippen molar-refractivity contribution in [3.05, 3.63) is 51.6 Å². The van der Waals surface area contributed by atoms with E-state index in [1.807, 2.05) is 59.7 Å². The summed E-state index contributed by atoms with van der Waals surface area (Å²) in [7, 11) is 0. The molecule has 0 aliphatic carbocycles. The second kappa shape index (κ2) is 6.35. The minimum absolute atomic E-state index is 0.136. The summed E-state index contributed by atoms with van der Waals surface area (Å²) in [6, 6.07) is 5.96. The number of fused-ring (bicyclic) bond motifs is 1. The summed E-state index contributed by atoms with van der Waals surface area (Å²) >= 11 is 0. The lowest BCUT2D eigenvalue weighted by atomic mass is 9.86. The van der Waals surface area contributed by atoms with Crippen LogP contribution >= 0.6 is 0 Å². The van der Waals surface area contributed by atoms with Gasteiger partial charge < -0.3 is 15.2 Å². The van der Waals surface area contributed by atoms with E-state index in [0.717, 1.165) is 44.8 Å². The zero-order chi connectivity index (χ0) is 19.2. The number of ether oxygens (including phenoxy) is 1. The van der Waals surface area contributed by atoms with Crippen LogP contribution in [0.25, 0.3) is 0 Å². The molecule has 0 spiro atoms. The summed E-state index contributed by atoms with van der Waals surface area (Å²) < 4.78 is 6.26. The molecule has 0 unspecified atom stereocenters. The number of benzene rings is 2. The molecule has 138 valence electrons. The van der Waals surface area contributed by atoms with Crippen molar-refractivity contribution in [2.75, 3.05) is 5.32 Å². The molecule has 0 saturated heterocycles. The topological polar surface area (TPSA) is 58.6 Å². The number of phenolic OH excluding ortho intramolecular Hbond substituents is 1. The smallest absolute Gasteiger partial charge is 0.268 e. The lowest BCUT2D eigenvalue weighted by molar-refractivity contribution is -0.131. The fourth-order valence-electron chi connectivity index (χ4n) is 3.66. The van der Waals surface area contributed by atoms with Crippen molar-refractivity contribution in [2.24, 2.45) is 0 Å². The summed E-state index contributed by atoms with van der Waals surface area (Å²) in [6.45, 7) is 11.5. The van der Waals surface area contributed by atoms with Gasteiger partial charge >= 0.3 is 0 Å². The van der Waals surface area contributed by atoms with Crippen LogP contribution in [0, 0.1) is 34.6 Å². The van der Waals surface area contributed by atoms with Crippen molar-refractivity contribution >= 4 is 11.6 Å². The van der Waals surface area contributed by atoms with Crippen LogP contribution in [0.5, 0.6) is 11.5 Å². The molecule has 2 aromatic carbocycles. The minimum Gasteiger partial charge on any atom is -0.507 e. The van der Waals surface area contributed by atoms with Gasteiger partial charge in [0.15, 0.2) is 5.60 Å². The van der Waals surface area contributed by atoms with E-state index in [2.05, 4.69) is 5.32 Å². The maximum absolute atomic E-state index is 13.1. The molecule has 2 aromatic rings. The number of carbonyl (C=O) groups is 1. The number of hydrogen-bond donors (Lipinski definition) is 2. The van der Waals surface area contributed by atoms with E-state index in [9.17, 15) is 9.90 Å². The minimum atomic E-state index is -0.942. The predicted octanol–water partition coefficient (Wildman–Crippen LogP) is 4.66. The Hall–Kier alpha value is -2.49. The van der Waals surface area contributed by atoms with Crippen LogP contribution in [0.3, 0.4) is 0 Å². The van der Waals surface area contributed by atoms with Crippen molar-refractivity contribution < 1.29 is 14.6 Å². The number of nitrogens with one attached hydrogen (secondary N) is 1. The molecule has 1 aliphatic rings. The van der Waals surface area contributed by atoms with Crippen LogP contribution in [0.2, 0.25) is 0 Å². The molecule has 1 aliphatic heterocycles. The monoisotopic (exact) mass is 353 g/mol. The lowest BCUT2D eigenvalue weighted by Crippen LogP contribution is -2.48. The summed E-state index contributed by atoms with van der Waals surface area (Å²) in [6.07, 6.45) is 1.27. The highest BCUT2D eigenvalue weighted by atomic mass is 16.5. The highest BCUT2D eigenvalue weighted by Crippen LogP contribution is 2.43. The number of rotatable bonds is 2. The van der Waals surface area contributed by atoms with Gasteiger partial charge in [-0.1, -0.05) is 18.2 Å². The average Bonchev–Trinajstić information content (AvgIpc) is 2.61. The molecule has 26 heavy (non-hydrogen) atoms. The average molecular weight is 353 g/mol. The van der Waals surface area contributed by atoms with E-state index in [-0.39, 0.29) is 5.91 Å². The highest BCUT2D eigenvalue weighted by molar-refractivity contribution is 5.98. The van der Waals surface area contributed by atoms with Crippen molar-refractivity contribution in [3.63, 3.8) is 0 Å². The van der Waals surface area contributed by atoms with Gasteiger partial charge in [-0.05, 0) is 75.8 Å². The fraction of sp³-hybridized carbons (Fsp3) is 0.409. The molecular weight excluding hydrogens is 326 g/mol. The molecule has 2 N–H and O–H groups in total. The Labute approximate surface area is 155 Å². The van der Waals surface area contributed by atoms with Crippen LogP contribution < -0.4 is 10.1 Å². The van der Waals surface area contributed by atoms with Crippen LogP contribution in [-0.4, -0.2) is 16.6 Å². The van der Waals surface area contributed by atoms with Crippen molar-refractivity contribution in [3.8, 4) is 11.5 Å². The second-order valence-corrected chi connectivity index (χ2v) is 7.59. The van der Waals surface area contributed by atoms with Gasteiger partial charge in [-0.25, -0.2) is 0 Å². The van der Waals surface area contributed by atoms with E-state index >= 15 is 0 Å². The second-order valence-electron chi connectivity index (χ2n) is 7.59. The number of aryl methyl sites for hydroxylation is 2. The Balaban J connectivity index is 1.95. The number of hydrogen-bond acceptors (Lipinski definition) is 3. The van der Waals surface area contributed by atoms with Gasteiger partial charge in [0.25, 0.3) is 5.91 Å². The van der Waals surface area contributed by atoms with E-state index < -0.39 is 5.60 Å². The third-order valence-electron chi connectivity index (χ3n) is 5.72. The van der Waals surface area contributed by atoms with Crippen molar-refractivity contribution in [1.82, 2.24) is 0 Å². The standard InChI is InChI=1S/C22H27NO3/c1-12-8-7-9-13(2)18(12)23-21(25)22(6)11-10-17-16(5)19(24)14(3)15(4)20(17)26-22/h7-9,24H,10-11H2,1-6H3,(H,23,25)/t22-/m1/s1. The highest BCUT2D eigenvalue weighted by Gasteiger charge is 2.41. The molecule has 0 saturated carbocycles. The van der Waals surface area contributed by atoms with Crippen molar-refractivity contribution in [1.29, 1.82) is 0 Å². The molecule has 0 radical (unpaired) electrons. The summed E-state index contributed by atoms with van der Waals surface area (Å²) in [4.78, 5) is 13.1. The molecule has 1 heterocycles. The first-order valence-electron chi connectivity index (χ1n) is 9.04. The Morgan fingerprint density at radius 3 is 2.31 bits per heavy atom. The van der Waals surface area contributed by atoms with Gasteiger partial charge in [0.05, 0.1) is 0 Å². The summed E-state index contributed by atoms with van der Waals surface area (Å²) in [5.41, 5.74) is 5.53. The first-order valence-corrected chi connectivity index (χ1v) is 9.04. The zero-order valence-corrected chi connectivity index (χ0v) is 16.4. The predicted molar refractivity (Wildman–Crippen MR) is 104 cm³/mol. The molecule has 4 heteroatoms. The first-order chi connectivity index (χ1) is 12.2. The van der Waals surface area contributed by atoms with Crippen LogP contribution in [0.4, 0.5) is 5.69 Å². The molecule has 1 amide bonds. The Kier molecular flexibility index (Phi) is 4.47. The van der Waals surface area contributed by atoms with E-state index in [4.69, 9.17) is 4.74 Å². The molecule has 0 bridgehead atoms. The molecule has 4 nitrogen and oxygen atoms in total. The van der Waals surface area contributed by atoms with Gasteiger partial charge in [-0.15, -0.1) is 0 Å². The number of amides is 1. The summed E-state index contributed by atoms with van der Waals surface area (Å²) in [5, 5.41) is 13.4. The number of carbonyl (C=O) groups excluding carboxylic acids is 1. The van der Waals surface area contributed by atoms with Crippen LogP contribution in [-0.2, 0) is 11.2 Å². The molecular formula is C22H27NO3. The van der Waals surface area contributed by atoms with Gasteiger partial charge in [-0.3, -0.25) is 4.79 Å². The van der Waals surface area contributed by atoms with Gasteiger partial charge in [0.1, 0.15) is 11.5 Å². The van der Waals surface area contributed by atoms with Gasteiger partial charge in [0, 0.05) is 17.7 Å². The fourth-order valence-corrected chi connectivity index (χ4v) is 3.66. The molecule has 3 rings (SSSR count). The third kappa shape index (κ3) is 2.83. The Morgan fingerprint density at radius 2 is 1.69 bits per heavy atom. The number of para-hydroxylation sites is 1. The molecule has 0 fully saturated rings. The van der Waals surface area contributed by atoms with Crippen LogP contribution in [0.15, 0.2) is 18.2 Å². The SMILES string of the molecule is Cc1cccc(C)c1NC(=O)[C@@]1(C)CCc2c(C)c(O)c(C)c(C)c2O1. The van der Waals surface area contributed by atoms with Crippen molar-refractivity contribution in [2.45, 2.75) is 60.0 Å². The maximum atomic E-state index is 13.1. The molecule has 0 aromatic heterocycles.